The molecule has 9 nitrogen and oxygen atoms in total. The molecule has 37 heavy (non-hydrogen) atoms. The van der Waals surface area contributed by atoms with Crippen LogP contribution < -0.4 is 15.8 Å². The summed E-state index contributed by atoms with van der Waals surface area (Å²) in [6.45, 7) is 2.65. The molecule has 5 heterocycles. The van der Waals surface area contributed by atoms with Crippen molar-refractivity contribution in [3.05, 3.63) is 75.7 Å². The minimum absolute atomic E-state index is 0.0774. The van der Waals surface area contributed by atoms with E-state index in [9.17, 15) is 19.2 Å². The predicted octanol–water partition coefficient (Wildman–Crippen LogP) is 2.62. The molecular weight excluding hydrogens is 470 g/mol. The summed E-state index contributed by atoms with van der Waals surface area (Å²) in [6.07, 6.45) is 5.34. The van der Waals surface area contributed by atoms with E-state index < -0.39 is 29.3 Å². The van der Waals surface area contributed by atoms with Crippen LogP contribution in [-0.4, -0.2) is 51.3 Å². The molecule has 2 aromatic heterocycles. The summed E-state index contributed by atoms with van der Waals surface area (Å²) in [5.41, 5.74) is 0.938. The number of pyridine rings is 1. The minimum atomic E-state index is -1.57. The van der Waals surface area contributed by atoms with Gasteiger partial charge in [-0.15, -0.1) is 0 Å². The van der Waals surface area contributed by atoms with Gasteiger partial charge in [-0.1, -0.05) is 49.2 Å². The van der Waals surface area contributed by atoms with E-state index in [1.807, 2.05) is 48.2 Å². The molecule has 0 saturated carbocycles. The summed E-state index contributed by atoms with van der Waals surface area (Å²) in [7, 11) is 0. The highest BCUT2D eigenvalue weighted by molar-refractivity contribution is 6.20. The molecule has 9 heteroatoms. The lowest BCUT2D eigenvalue weighted by atomic mass is 9.68. The van der Waals surface area contributed by atoms with Crippen LogP contribution in [0.25, 0.3) is 5.65 Å². The number of hydrogen-bond acceptors (Lipinski definition) is 6. The number of rotatable bonds is 3. The molecule has 2 unspecified atom stereocenters. The number of aryl methyl sites for hydroxylation is 1. The number of carbonyl (C=O) groups is 3. The summed E-state index contributed by atoms with van der Waals surface area (Å²) in [5, 5.41) is 2.48. The van der Waals surface area contributed by atoms with Gasteiger partial charge in [-0.05, 0) is 43.4 Å². The molecule has 3 aliphatic rings. The van der Waals surface area contributed by atoms with Gasteiger partial charge in [0.25, 0.3) is 5.56 Å². The average molecular weight is 500 g/mol. The Morgan fingerprint density at radius 1 is 1.03 bits per heavy atom. The molecule has 2 saturated heterocycles. The fourth-order valence-electron chi connectivity index (χ4n) is 6.23. The Morgan fingerprint density at radius 2 is 1.84 bits per heavy atom. The highest BCUT2D eigenvalue weighted by atomic mass is 16.2. The largest absolute Gasteiger partial charge is 0.352 e. The molecular formula is C28H29N5O4. The average Bonchev–Trinajstić information content (AvgIpc) is 3.16. The highest BCUT2D eigenvalue weighted by Gasteiger charge is 2.62. The van der Waals surface area contributed by atoms with E-state index in [1.165, 1.54) is 9.30 Å². The number of imide groups is 2. The van der Waals surface area contributed by atoms with Gasteiger partial charge in [-0.3, -0.25) is 29.0 Å². The lowest BCUT2D eigenvalue weighted by molar-refractivity contribution is -0.153. The Morgan fingerprint density at radius 3 is 2.65 bits per heavy atom. The van der Waals surface area contributed by atoms with Crippen LogP contribution in [0.3, 0.4) is 0 Å². The van der Waals surface area contributed by atoms with E-state index in [2.05, 4.69) is 5.32 Å². The number of aromatic nitrogens is 2. The van der Waals surface area contributed by atoms with Crippen LogP contribution in [0.4, 0.5) is 10.6 Å². The number of hydrogen-bond donors (Lipinski definition) is 1. The van der Waals surface area contributed by atoms with E-state index in [-0.39, 0.29) is 18.5 Å². The topological polar surface area (TPSA) is 104 Å². The van der Waals surface area contributed by atoms with E-state index in [1.54, 1.807) is 12.3 Å². The fraction of sp³-hybridized carbons (Fsp3) is 0.393. The standard InChI is InChI=1S/C28H29N5O4/c1-18-9-8-15-32-22(18)29-23-20(24(32)34)17-28(21-12-6-3-7-14-31(21)23)25(35)30-27(37)33(26(28)36)16-13-19-10-4-2-5-11-19/h2,4-5,8-11,15,21H,3,6-7,12-14,16-17H2,1H3,(H,30,35,37). The molecule has 3 aromatic rings. The Labute approximate surface area is 214 Å². The van der Waals surface area contributed by atoms with E-state index in [0.717, 1.165) is 30.4 Å². The van der Waals surface area contributed by atoms with E-state index in [4.69, 9.17) is 4.98 Å². The van der Waals surface area contributed by atoms with Crippen molar-refractivity contribution >= 4 is 29.3 Å². The van der Waals surface area contributed by atoms with Gasteiger partial charge < -0.3 is 4.90 Å². The predicted molar refractivity (Wildman–Crippen MR) is 137 cm³/mol. The summed E-state index contributed by atoms with van der Waals surface area (Å²) >= 11 is 0. The molecule has 0 radical (unpaired) electrons. The van der Waals surface area contributed by atoms with E-state index in [0.29, 0.717) is 36.4 Å². The Bertz CT molecular complexity index is 1480. The zero-order chi connectivity index (χ0) is 25.7. The Balaban J connectivity index is 1.48. The van der Waals surface area contributed by atoms with Gasteiger partial charge in [0.1, 0.15) is 11.5 Å². The highest BCUT2D eigenvalue weighted by Crippen LogP contribution is 2.45. The van der Waals surface area contributed by atoms with Crippen molar-refractivity contribution in [2.45, 2.75) is 51.5 Å². The molecule has 1 N–H and O–H groups in total. The number of carbonyl (C=O) groups excluding carboxylic acids is 3. The van der Waals surface area contributed by atoms with Crippen molar-refractivity contribution in [1.29, 1.82) is 0 Å². The second-order valence-electron chi connectivity index (χ2n) is 10.3. The number of nitrogens with one attached hydrogen (secondary N) is 1. The van der Waals surface area contributed by atoms with Crippen LogP contribution in [0.5, 0.6) is 0 Å². The normalized spacial score (nSPS) is 23.6. The molecule has 190 valence electrons. The number of anilines is 1. The number of urea groups is 1. The van der Waals surface area contributed by atoms with Gasteiger partial charge in [-0.2, -0.15) is 0 Å². The van der Waals surface area contributed by atoms with Crippen molar-refractivity contribution in [3.8, 4) is 0 Å². The van der Waals surface area contributed by atoms with Gasteiger partial charge >= 0.3 is 6.03 Å². The number of amides is 4. The number of nitrogens with zero attached hydrogens (tertiary/aromatic N) is 4. The number of benzene rings is 1. The summed E-state index contributed by atoms with van der Waals surface area (Å²) in [5.74, 6) is -0.576. The molecule has 1 spiro atoms. The maximum Gasteiger partial charge on any atom is 0.330 e. The van der Waals surface area contributed by atoms with Crippen LogP contribution in [0.2, 0.25) is 0 Å². The minimum Gasteiger partial charge on any atom is -0.352 e. The maximum absolute atomic E-state index is 14.2. The fourth-order valence-corrected chi connectivity index (χ4v) is 6.23. The smallest absolute Gasteiger partial charge is 0.330 e. The first-order valence-corrected chi connectivity index (χ1v) is 12.9. The summed E-state index contributed by atoms with van der Waals surface area (Å²) < 4.78 is 1.49. The second-order valence-corrected chi connectivity index (χ2v) is 10.3. The van der Waals surface area contributed by atoms with Crippen LogP contribution >= 0.6 is 0 Å². The first-order chi connectivity index (χ1) is 17.9. The molecule has 2 atom stereocenters. The quantitative estimate of drug-likeness (QED) is 0.556. The first kappa shape index (κ1) is 23.4. The van der Waals surface area contributed by atoms with Crippen LogP contribution in [0, 0.1) is 12.3 Å². The Kier molecular flexibility index (Phi) is 5.58. The van der Waals surface area contributed by atoms with Crippen molar-refractivity contribution < 1.29 is 14.4 Å². The van der Waals surface area contributed by atoms with Crippen molar-refractivity contribution in [2.75, 3.05) is 18.0 Å². The van der Waals surface area contributed by atoms with Crippen LogP contribution in [0.1, 0.15) is 42.4 Å². The maximum atomic E-state index is 14.2. The van der Waals surface area contributed by atoms with Crippen LogP contribution in [-0.2, 0) is 22.4 Å². The molecule has 0 bridgehead atoms. The lowest BCUT2D eigenvalue weighted by Gasteiger charge is -2.50. The molecule has 3 aliphatic heterocycles. The molecule has 1 aromatic carbocycles. The van der Waals surface area contributed by atoms with Crippen molar-refractivity contribution in [2.24, 2.45) is 5.41 Å². The summed E-state index contributed by atoms with van der Waals surface area (Å²) in [6, 6.07) is 12.1. The zero-order valence-corrected chi connectivity index (χ0v) is 20.8. The third kappa shape index (κ3) is 3.55. The molecule has 6 rings (SSSR count). The van der Waals surface area contributed by atoms with Gasteiger partial charge in [0.2, 0.25) is 11.8 Å². The van der Waals surface area contributed by atoms with Gasteiger partial charge in [0.15, 0.2) is 5.41 Å². The van der Waals surface area contributed by atoms with Gasteiger partial charge in [0.05, 0.1) is 11.6 Å². The van der Waals surface area contributed by atoms with Crippen LogP contribution in [0.15, 0.2) is 53.5 Å². The second kappa shape index (κ2) is 8.83. The third-order valence-electron chi connectivity index (χ3n) is 8.13. The molecule has 2 fully saturated rings. The lowest BCUT2D eigenvalue weighted by Crippen LogP contribution is -2.72. The monoisotopic (exact) mass is 499 g/mol. The molecule has 0 aliphatic carbocycles. The Hall–Kier alpha value is -4.01. The third-order valence-corrected chi connectivity index (χ3v) is 8.13. The number of barbiturate groups is 1. The zero-order valence-electron chi connectivity index (χ0n) is 20.8. The van der Waals surface area contributed by atoms with Gasteiger partial charge in [0, 0.05) is 25.7 Å². The van der Waals surface area contributed by atoms with Gasteiger partial charge in [-0.25, -0.2) is 9.78 Å². The summed E-state index contributed by atoms with van der Waals surface area (Å²) in [4.78, 5) is 62.6. The number of fused-ring (bicyclic) bond motifs is 5. The first-order valence-electron chi connectivity index (χ1n) is 12.9. The SMILES string of the molecule is Cc1cccn2c(=O)c3c(nc12)N1CCCCCC1C1(C3)C(=O)NC(=O)N(CCc2ccccc2)C1=O. The van der Waals surface area contributed by atoms with Crippen molar-refractivity contribution in [1.82, 2.24) is 19.6 Å². The van der Waals surface area contributed by atoms with Crippen molar-refractivity contribution in [3.63, 3.8) is 0 Å². The molecule has 4 amide bonds. The van der Waals surface area contributed by atoms with E-state index >= 15 is 0 Å².